The summed E-state index contributed by atoms with van der Waals surface area (Å²) >= 11 is 3.47. The van der Waals surface area contributed by atoms with E-state index in [-0.39, 0.29) is 5.41 Å². The van der Waals surface area contributed by atoms with E-state index >= 15 is 0 Å². The largest absolute Gasteiger partial charge is 0.274 e. The van der Waals surface area contributed by atoms with E-state index in [1.54, 1.807) is 0 Å². The van der Waals surface area contributed by atoms with Gasteiger partial charge in [0.15, 0.2) is 0 Å². The molecule has 1 aromatic rings. The highest BCUT2D eigenvalue weighted by Crippen LogP contribution is 2.27. The Balaban J connectivity index is 3.13. The van der Waals surface area contributed by atoms with Crippen molar-refractivity contribution in [2.45, 2.75) is 26.2 Å². The fourth-order valence-electron chi connectivity index (χ4n) is 0.968. The van der Waals surface area contributed by atoms with Gasteiger partial charge < -0.3 is 0 Å². The van der Waals surface area contributed by atoms with Gasteiger partial charge in [-0.05, 0) is 15.9 Å². The number of hydrogen-bond acceptors (Lipinski definition) is 1. The van der Waals surface area contributed by atoms with Crippen molar-refractivity contribution in [3.05, 3.63) is 16.4 Å². The van der Waals surface area contributed by atoms with Gasteiger partial charge >= 0.3 is 0 Å². The van der Waals surface area contributed by atoms with E-state index in [9.17, 15) is 0 Å². The van der Waals surface area contributed by atoms with Gasteiger partial charge in [-0.2, -0.15) is 5.10 Å². The molecule has 3 heteroatoms. The van der Waals surface area contributed by atoms with Crippen LogP contribution in [0.3, 0.4) is 0 Å². The normalized spacial score (nSPS) is 12.1. The molecule has 1 heterocycles. The lowest BCUT2D eigenvalue weighted by molar-refractivity contribution is 0.551. The standard InChI is InChI=1S/C8H13BrN2/c1-8(2,3)7-6(9)5-11(4)10-7/h5H,1-4H3. The molecule has 1 aromatic heterocycles. The summed E-state index contributed by atoms with van der Waals surface area (Å²) in [6.07, 6.45) is 1.97. The van der Waals surface area contributed by atoms with E-state index in [0.717, 1.165) is 10.2 Å². The minimum absolute atomic E-state index is 0.125. The molecule has 11 heavy (non-hydrogen) atoms. The monoisotopic (exact) mass is 216 g/mol. The second-order valence-electron chi connectivity index (χ2n) is 3.75. The predicted molar refractivity (Wildman–Crippen MR) is 49.6 cm³/mol. The third-order valence-electron chi connectivity index (χ3n) is 1.49. The summed E-state index contributed by atoms with van der Waals surface area (Å²) in [7, 11) is 1.93. The zero-order valence-corrected chi connectivity index (χ0v) is 8.94. The van der Waals surface area contributed by atoms with E-state index < -0.39 is 0 Å². The Bertz CT molecular complexity index is 258. The lowest BCUT2D eigenvalue weighted by Gasteiger charge is -2.15. The first-order valence-corrected chi connectivity index (χ1v) is 4.40. The van der Waals surface area contributed by atoms with Gasteiger partial charge in [-0.25, -0.2) is 0 Å². The molecular weight excluding hydrogens is 204 g/mol. The van der Waals surface area contributed by atoms with Crippen LogP contribution >= 0.6 is 15.9 Å². The van der Waals surface area contributed by atoms with E-state index in [1.807, 2.05) is 17.9 Å². The first kappa shape index (κ1) is 8.78. The van der Waals surface area contributed by atoms with Gasteiger partial charge in [0.05, 0.1) is 10.2 Å². The maximum atomic E-state index is 4.35. The smallest absolute Gasteiger partial charge is 0.0819 e. The molecule has 0 aliphatic rings. The van der Waals surface area contributed by atoms with Gasteiger partial charge in [-0.1, -0.05) is 20.8 Å². The minimum Gasteiger partial charge on any atom is -0.274 e. The molecule has 0 unspecified atom stereocenters. The van der Waals surface area contributed by atoms with Crippen LogP contribution in [0.4, 0.5) is 0 Å². The van der Waals surface area contributed by atoms with Gasteiger partial charge in [-0.15, -0.1) is 0 Å². The maximum Gasteiger partial charge on any atom is 0.0819 e. The summed E-state index contributed by atoms with van der Waals surface area (Å²) < 4.78 is 2.91. The molecule has 0 fully saturated rings. The van der Waals surface area contributed by atoms with Crippen LogP contribution in [0.25, 0.3) is 0 Å². The SMILES string of the molecule is Cn1cc(Br)c(C(C)(C)C)n1. The highest BCUT2D eigenvalue weighted by Gasteiger charge is 2.20. The minimum atomic E-state index is 0.125. The van der Waals surface area contributed by atoms with E-state index in [0.29, 0.717) is 0 Å². The molecule has 0 aliphatic heterocycles. The van der Waals surface area contributed by atoms with Crippen LogP contribution in [0.5, 0.6) is 0 Å². The van der Waals surface area contributed by atoms with Crippen molar-refractivity contribution >= 4 is 15.9 Å². The molecule has 62 valence electrons. The third-order valence-corrected chi connectivity index (χ3v) is 2.07. The first-order chi connectivity index (χ1) is 4.91. The van der Waals surface area contributed by atoms with Crippen LogP contribution in [-0.4, -0.2) is 9.78 Å². The predicted octanol–water partition coefficient (Wildman–Crippen LogP) is 2.48. The van der Waals surface area contributed by atoms with Crippen molar-refractivity contribution in [3.8, 4) is 0 Å². The Hall–Kier alpha value is -0.310. The van der Waals surface area contributed by atoms with Gasteiger partial charge in [0.1, 0.15) is 0 Å². The molecule has 0 radical (unpaired) electrons. The van der Waals surface area contributed by atoms with Crippen LogP contribution in [0.15, 0.2) is 10.7 Å². The van der Waals surface area contributed by atoms with Crippen LogP contribution in [0, 0.1) is 0 Å². The molecule has 2 nitrogen and oxygen atoms in total. The van der Waals surface area contributed by atoms with E-state index in [4.69, 9.17) is 0 Å². The zero-order valence-electron chi connectivity index (χ0n) is 7.35. The summed E-state index contributed by atoms with van der Waals surface area (Å²) in [5, 5.41) is 4.35. The van der Waals surface area contributed by atoms with Gasteiger partial charge in [0, 0.05) is 18.7 Å². The average Bonchev–Trinajstić information content (AvgIpc) is 2.08. The number of rotatable bonds is 0. The van der Waals surface area contributed by atoms with Crippen molar-refractivity contribution in [2.75, 3.05) is 0 Å². The number of aryl methyl sites for hydroxylation is 1. The van der Waals surface area contributed by atoms with Crippen LogP contribution in [0.2, 0.25) is 0 Å². The van der Waals surface area contributed by atoms with E-state index in [1.165, 1.54) is 0 Å². The molecule has 0 spiro atoms. The third kappa shape index (κ3) is 1.83. The maximum absolute atomic E-state index is 4.35. The number of nitrogens with zero attached hydrogens (tertiary/aromatic N) is 2. The molecule has 1 rings (SSSR count). The summed E-state index contributed by atoms with van der Waals surface area (Å²) in [4.78, 5) is 0. The van der Waals surface area contributed by atoms with Crippen molar-refractivity contribution in [1.29, 1.82) is 0 Å². The Morgan fingerprint density at radius 3 is 2.18 bits per heavy atom. The molecular formula is C8H13BrN2. The lowest BCUT2D eigenvalue weighted by Crippen LogP contribution is -2.13. The fraction of sp³-hybridized carbons (Fsp3) is 0.625. The lowest BCUT2D eigenvalue weighted by atomic mass is 9.93. The average molecular weight is 217 g/mol. The second-order valence-corrected chi connectivity index (χ2v) is 4.60. The molecule has 0 saturated carbocycles. The molecule has 0 saturated heterocycles. The molecule has 0 bridgehead atoms. The van der Waals surface area contributed by atoms with Crippen molar-refractivity contribution in [1.82, 2.24) is 9.78 Å². The molecule has 0 aliphatic carbocycles. The van der Waals surface area contributed by atoms with Gasteiger partial charge in [0.25, 0.3) is 0 Å². The zero-order chi connectivity index (χ0) is 8.65. The highest BCUT2D eigenvalue weighted by atomic mass is 79.9. The molecule has 0 aromatic carbocycles. The van der Waals surface area contributed by atoms with Crippen molar-refractivity contribution in [3.63, 3.8) is 0 Å². The number of halogens is 1. The molecule has 0 N–H and O–H groups in total. The quantitative estimate of drug-likeness (QED) is 0.652. The second kappa shape index (κ2) is 2.63. The Kier molecular flexibility index (Phi) is 2.10. The summed E-state index contributed by atoms with van der Waals surface area (Å²) in [5.41, 5.74) is 1.24. The molecule has 0 amide bonds. The van der Waals surface area contributed by atoms with Gasteiger partial charge in [0.2, 0.25) is 0 Å². The Morgan fingerprint density at radius 1 is 1.45 bits per heavy atom. The Labute approximate surface area is 75.7 Å². The number of hydrogen-bond donors (Lipinski definition) is 0. The van der Waals surface area contributed by atoms with Crippen molar-refractivity contribution < 1.29 is 0 Å². The first-order valence-electron chi connectivity index (χ1n) is 3.61. The fourth-order valence-corrected chi connectivity index (χ4v) is 1.94. The summed E-state index contributed by atoms with van der Waals surface area (Å²) in [5.74, 6) is 0. The van der Waals surface area contributed by atoms with E-state index in [2.05, 4.69) is 41.8 Å². The highest BCUT2D eigenvalue weighted by molar-refractivity contribution is 9.10. The van der Waals surface area contributed by atoms with Gasteiger partial charge in [-0.3, -0.25) is 4.68 Å². The topological polar surface area (TPSA) is 17.8 Å². The van der Waals surface area contributed by atoms with Crippen molar-refractivity contribution in [2.24, 2.45) is 7.05 Å². The van der Waals surface area contributed by atoms with Crippen LogP contribution < -0.4 is 0 Å². The number of aromatic nitrogens is 2. The summed E-state index contributed by atoms with van der Waals surface area (Å²) in [6, 6.07) is 0. The van der Waals surface area contributed by atoms with Crippen LogP contribution in [0.1, 0.15) is 26.5 Å². The van der Waals surface area contributed by atoms with Crippen LogP contribution in [-0.2, 0) is 12.5 Å². The Morgan fingerprint density at radius 2 is 2.00 bits per heavy atom. The summed E-state index contributed by atoms with van der Waals surface area (Å²) in [6.45, 7) is 6.46. The molecule has 0 atom stereocenters.